The molecule has 0 spiro atoms. The van der Waals surface area contributed by atoms with Crippen LogP contribution in [0.5, 0.6) is 0 Å². The summed E-state index contributed by atoms with van der Waals surface area (Å²) < 4.78 is 28.6. The van der Waals surface area contributed by atoms with Gasteiger partial charge in [0.1, 0.15) is 12.6 Å². The Hall–Kier alpha value is -3.07. The van der Waals surface area contributed by atoms with Crippen molar-refractivity contribution in [3.63, 3.8) is 0 Å². The highest BCUT2D eigenvalue weighted by Gasteiger charge is 2.32. The normalized spacial score (nSPS) is 12.8. The summed E-state index contributed by atoms with van der Waals surface area (Å²) in [5.74, 6) is -0.823. The lowest BCUT2D eigenvalue weighted by molar-refractivity contribution is -0.139. The third-order valence-electron chi connectivity index (χ3n) is 6.43. The smallest absolute Gasteiger partial charge is 0.264 e. The van der Waals surface area contributed by atoms with Crippen LogP contribution in [0.1, 0.15) is 32.8 Å². The van der Waals surface area contributed by atoms with Crippen LogP contribution in [0.4, 0.5) is 5.69 Å². The maximum atomic E-state index is 13.9. The van der Waals surface area contributed by atoms with E-state index in [-0.39, 0.29) is 29.1 Å². The summed E-state index contributed by atoms with van der Waals surface area (Å²) in [7, 11) is -4.18. The van der Waals surface area contributed by atoms with Gasteiger partial charge in [0.05, 0.1) is 10.6 Å². The van der Waals surface area contributed by atoms with E-state index in [9.17, 15) is 18.0 Å². The molecule has 0 saturated carbocycles. The molecule has 2 atom stereocenters. The first-order chi connectivity index (χ1) is 18.5. The Labute approximate surface area is 240 Å². The Bertz CT molecular complexity index is 1370. The minimum absolute atomic E-state index is 0.0296. The molecule has 3 aromatic carbocycles. The maximum Gasteiger partial charge on any atom is 0.264 e. The van der Waals surface area contributed by atoms with E-state index in [1.807, 2.05) is 44.2 Å². The molecule has 0 aliphatic carbocycles. The number of amides is 2. The van der Waals surface area contributed by atoms with Crippen molar-refractivity contribution in [3.8, 4) is 0 Å². The molecule has 0 radical (unpaired) electrons. The fraction of sp³-hybridized carbons (Fsp3) is 0.310. The van der Waals surface area contributed by atoms with Crippen LogP contribution in [0.15, 0.2) is 83.8 Å². The van der Waals surface area contributed by atoms with E-state index in [0.29, 0.717) is 16.5 Å². The number of carbonyl (C=O) groups is 2. The van der Waals surface area contributed by atoms with Gasteiger partial charge in [0.15, 0.2) is 0 Å². The fourth-order valence-corrected chi connectivity index (χ4v) is 5.65. The Morgan fingerprint density at radius 2 is 1.56 bits per heavy atom. The molecule has 3 rings (SSSR count). The fourth-order valence-electron chi connectivity index (χ4n) is 3.93. The van der Waals surface area contributed by atoms with E-state index in [2.05, 4.69) is 5.32 Å². The molecule has 1 N–H and O–H groups in total. The molecule has 0 aromatic heterocycles. The van der Waals surface area contributed by atoms with Crippen molar-refractivity contribution >= 4 is 50.7 Å². The molecule has 0 unspecified atom stereocenters. The monoisotopic (exact) mass is 589 g/mol. The van der Waals surface area contributed by atoms with Gasteiger partial charge < -0.3 is 10.2 Å². The third-order valence-corrected chi connectivity index (χ3v) is 8.70. The van der Waals surface area contributed by atoms with E-state index >= 15 is 0 Å². The van der Waals surface area contributed by atoms with Gasteiger partial charge in [0.25, 0.3) is 10.0 Å². The van der Waals surface area contributed by atoms with Crippen LogP contribution >= 0.6 is 23.2 Å². The average Bonchev–Trinajstić information content (AvgIpc) is 2.92. The highest BCUT2D eigenvalue weighted by atomic mass is 35.5. The number of sulfonamides is 1. The van der Waals surface area contributed by atoms with E-state index in [4.69, 9.17) is 23.2 Å². The molecule has 0 heterocycles. The maximum absolute atomic E-state index is 13.9. The summed E-state index contributed by atoms with van der Waals surface area (Å²) in [4.78, 5) is 28.3. The zero-order chi connectivity index (χ0) is 28.6. The highest BCUT2D eigenvalue weighted by Crippen LogP contribution is 2.27. The van der Waals surface area contributed by atoms with Crippen LogP contribution in [0.2, 0.25) is 10.0 Å². The first-order valence-corrected chi connectivity index (χ1v) is 14.9. The van der Waals surface area contributed by atoms with E-state index in [1.165, 1.54) is 35.2 Å². The Balaban J connectivity index is 1.97. The minimum Gasteiger partial charge on any atom is -0.352 e. The van der Waals surface area contributed by atoms with Crippen LogP contribution in [-0.2, 0) is 26.0 Å². The number of anilines is 1. The molecule has 0 saturated heterocycles. The number of halogens is 2. The first-order valence-electron chi connectivity index (χ1n) is 12.7. The van der Waals surface area contributed by atoms with Crippen LogP contribution in [0.25, 0.3) is 0 Å². The van der Waals surface area contributed by atoms with Gasteiger partial charge in [-0.25, -0.2) is 8.42 Å². The minimum atomic E-state index is -4.18. The van der Waals surface area contributed by atoms with Crippen molar-refractivity contribution in [1.82, 2.24) is 10.2 Å². The van der Waals surface area contributed by atoms with Crippen LogP contribution in [0.3, 0.4) is 0 Å². The topological polar surface area (TPSA) is 86.8 Å². The summed E-state index contributed by atoms with van der Waals surface area (Å²) in [5.41, 5.74) is 1.22. The van der Waals surface area contributed by atoms with Crippen LogP contribution in [-0.4, -0.2) is 50.3 Å². The van der Waals surface area contributed by atoms with Crippen LogP contribution in [0, 0.1) is 0 Å². The summed E-state index contributed by atoms with van der Waals surface area (Å²) in [6.07, 6.45) is 1.23. The predicted molar refractivity (Wildman–Crippen MR) is 157 cm³/mol. The first kappa shape index (κ1) is 30.5. The second-order valence-corrected chi connectivity index (χ2v) is 12.0. The van der Waals surface area contributed by atoms with Gasteiger partial charge in [0, 0.05) is 22.6 Å². The SMILES string of the molecule is CC[C@@H](C)NC(=O)[C@@H](C)N(CCc1ccccc1)C(=O)CN(c1cccc(Cl)c1)S(=O)(=O)c1ccc(Cl)cc1. The number of hydrogen-bond acceptors (Lipinski definition) is 4. The van der Waals surface area contributed by atoms with Crippen molar-refractivity contribution in [2.75, 3.05) is 17.4 Å². The van der Waals surface area contributed by atoms with Gasteiger partial charge in [-0.05, 0) is 74.7 Å². The van der Waals surface area contributed by atoms with Crippen molar-refractivity contribution in [2.45, 2.75) is 50.6 Å². The molecule has 7 nitrogen and oxygen atoms in total. The molecule has 10 heteroatoms. The van der Waals surface area contributed by atoms with Gasteiger partial charge in [-0.1, -0.05) is 66.5 Å². The second kappa shape index (κ2) is 13.8. The predicted octanol–water partition coefficient (Wildman–Crippen LogP) is 5.56. The Morgan fingerprint density at radius 1 is 0.897 bits per heavy atom. The number of hydrogen-bond donors (Lipinski definition) is 1. The summed E-state index contributed by atoms with van der Waals surface area (Å²) in [6, 6.07) is 20.7. The van der Waals surface area contributed by atoms with Crippen molar-refractivity contribution in [3.05, 3.63) is 94.5 Å². The molecular weight excluding hydrogens is 557 g/mol. The zero-order valence-electron chi connectivity index (χ0n) is 22.2. The Morgan fingerprint density at radius 3 is 2.18 bits per heavy atom. The molecule has 0 aliphatic heterocycles. The second-order valence-electron chi connectivity index (χ2n) is 9.26. The van der Waals surface area contributed by atoms with E-state index < -0.39 is 28.5 Å². The van der Waals surface area contributed by atoms with Crippen molar-refractivity contribution in [2.24, 2.45) is 0 Å². The van der Waals surface area contributed by atoms with E-state index in [1.54, 1.807) is 25.1 Å². The van der Waals surface area contributed by atoms with Gasteiger partial charge >= 0.3 is 0 Å². The molecule has 0 aliphatic rings. The zero-order valence-corrected chi connectivity index (χ0v) is 24.5. The standard InChI is InChI=1S/C29H33Cl2N3O4S/c1-4-21(2)32-29(36)22(3)33(18-17-23-9-6-5-7-10-23)28(35)20-34(26-12-8-11-25(31)19-26)39(37,38)27-15-13-24(30)14-16-27/h5-16,19,21-22H,4,17-18,20H2,1-3H3,(H,32,36)/t21-,22-/m1/s1. The molecule has 3 aromatic rings. The van der Waals surface area contributed by atoms with Crippen molar-refractivity contribution < 1.29 is 18.0 Å². The lowest BCUT2D eigenvalue weighted by Crippen LogP contribution is -2.53. The van der Waals surface area contributed by atoms with Gasteiger partial charge in [0.2, 0.25) is 11.8 Å². The molecule has 208 valence electrons. The third kappa shape index (κ3) is 8.21. The molecule has 0 bridgehead atoms. The number of rotatable bonds is 12. The quantitative estimate of drug-likeness (QED) is 0.299. The summed E-state index contributed by atoms with van der Waals surface area (Å²) in [5, 5.41) is 3.62. The molecule has 2 amide bonds. The Kier molecular flexibility index (Phi) is 10.8. The largest absolute Gasteiger partial charge is 0.352 e. The average molecular weight is 591 g/mol. The molecule has 39 heavy (non-hydrogen) atoms. The van der Waals surface area contributed by atoms with Crippen LogP contribution < -0.4 is 9.62 Å². The number of carbonyl (C=O) groups excluding carboxylic acids is 2. The number of nitrogens with zero attached hydrogens (tertiary/aromatic N) is 2. The van der Waals surface area contributed by atoms with E-state index in [0.717, 1.165) is 16.3 Å². The number of nitrogens with one attached hydrogen (secondary N) is 1. The highest BCUT2D eigenvalue weighted by molar-refractivity contribution is 7.92. The van der Waals surface area contributed by atoms with Crippen molar-refractivity contribution in [1.29, 1.82) is 0 Å². The molecule has 0 fully saturated rings. The summed E-state index contributed by atoms with van der Waals surface area (Å²) >= 11 is 12.2. The van der Waals surface area contributed by atoms with Gasteiger partial charge in [-0.2, -0.15) is 0 Å². The lowest BCUT2D eigenvalue weighted by Gasteiger charge is -2.32. The van der Waals surface area contributed by atoms with Gasteiger partial charge in [-0.15, -0.1) is 0 Å². The van der Waals surface area contributed by atoms with Gasteiger partial charge in [-0.3, -0.25) is 13.9 Å². The summed E-state index contributed by atoms with van der Waals surface area (Å²) in [6.45, 7) is 5.19. The lowest BCUT2D eigenvalue weighted by atomic mass is 10.1. The molecular formula is C29H33Cl2N3O4S. The number of benzene rings is 3.